The molecule has 30 heavy (non-hydrogen) atoms. The molecule has 2 amide bonds. The number of rotatable bonds is 5. The number of carbonyl (C=O) groups is 2. The van der Waals surface area contributed by atoms with Crippen LogP contribution in [0.3, 0.4) is 0 Å². The summed E-state index contributed by atoms with van der Waals surface area (Å²) in [7, 11) is 0. The first-order valence-electron chi connectivity index (χ1n) is 10.00. The lowest BCUT2D eigenvalue weighted by molar-refractivity contribution is -0.119. The highest BCUT2D eigenvalue weighted by molar-refractivity contribution is 7.13. The number of anilines is 1. The van der Waals surface area contributed by atoms with Gasteiger partial charge in [-0.3, -0.25) is 9.59 Å². The van der Waals surface area contributed by atoms with E-state index in [4.69, 9.17) is 0 Å². The van der Waals surface area contributed by atoms with Gasteiger partial charge in [-0.25, -0.2) is 14.6 Å². The maximum absolute atomic E-state index is 13.2. The van der Waals surface area contributed by atoms with E-state index in [1.807, 2.05) is 25.1 Å². The van der Waals surface area contributed by atoms with E-state index in [2.05, 4.69) is 40.3 Å². The Morgan fingerprint density at radius 3 is 2.80 bits per heavy atom. The van der Waals surface area contributed by atoms with Crippen LogP contribution in [0.1, 0.15) is 54.6 Å². The summed E-state index contributed by atoms with van der Waals surface area (Å²) < 4.78 is 1.71. The minimum absolute atomic E-state index is 0.111. The summed E-state index contributed by atoms with van der Waals surface area (Å²) in [5.41, 5.74) is 2.04. The first kappa shape index (κ1) is 20.2. The number of aromatic nitrogens is 4. The maximum Gasteiger partial charge on any atom is 0.294 e. The number of nitrogens with zero attached hydrogens (tertiary/aromatic N) is 5. The van der Waals surface area contributed by atoms with Gasteiger partial charge in [-0.2, -0.15) is 0 Å². The smallest absolute Gasteiger partial charge is 0.294 e. The van der Waals surface area contributed by atoms with Gasteiger partial charge in [0.05, 0.1) is 5.69 Å². The number of para-hydroxylation sites is 1. The van der Waals surface area contributed by atoms with Crippen molar-refractivity contribution in [3.63, 3.8) is 0 Å². The molecule has 1 N–H and O–H groups in total. The molecule has 1 aromatic carbocycles. The minimum Gasteiger partial charge on any atom is -0.324 e. The Balaban J connectivity index is 1.58. The van der Waals surface area contributed by atoms with Crippen molar-refractivity contribution in [3.05, 3.63) is 53.1 Å². The Morgan fingerprint density at radius 1 is 1.27 bits per heavy atom. The number of hydrogen-bond donors (Lipinski definition) is 1. The third-order valence-corrected chi connectivity index (χ3v) is 5.91. The Morgan fingerprint density at radius 2 is 2.07 bits per heavy atom. The molecule has 3 aromatic rings. The van der Waals surface area contributed by atoms with Gasteiger partial charge in [-0.15, -0.1) is 16.4 Å². The van der Waals surface area contributed by atoms with E-state index in [1.54, 1.807) is 21.2 Å². The number of aryl methyl sites for hydroxylation is 1. The van der Waals surface area contributed by atoms with Crippen LogP contribution in [0.5, 0.6) is 0 Å². The van der Waals surface area contributed by atoms with Crippen molar-refractivity contribution in [1.82, 2.24) is 24.6 Å². The molecule has 4 rings (SSSR count). The Bertz CT molecular complexity index is 1060. The second-order valence-corrected chi connectivity index (χ2v) is 8.49. The molecule has 0 unspecified atom stereocenters. The minimum atomic E-state index is -0.545. The molecule has 9 heteroatoms. The number of amides is 2. The SMILES string of the molecule is Cc1nc(C(=O)N2CCC[C@H]2C(=O)Nc2nccs2)nn1-c1ccccc1C(C)C. The molecule has 1 atom stereocenters. The van der Waals surface area contributed by atoms with Crippen LogP contribution < -0.4 is 5.32 Å². The van der Waals surface area contributed by atoms with E-state index >= 15 is 0 Å². The van der Waals surface area contributed by atoms with E-state index < -0.39 is 6.04 Å². The van der Waals surface area contributed by atoms with Crippen molar-refractivity contribution in [2.24, 2.45) is 0 Å². The highest BCUT2D eigenvalue weighted by atomic mass is 32.1. The Kier molecular flexibility index (Phi) is 5.63. The van der Waals surface area contributed by atoms with Crippen LogP contribution in [-0.2, 0) is 4.79 Å². The predicted octanol–water partition coefficient (Wildman–Crippen LogP) is 3.40. The van der Waals surface area contributed by atoms with Crippen molar-refractivity contribution in [2.45, 2.75) is 45.6 Å². The number of hydrogen-bond acceptors (Lipinski definition) is 6. The lowest BCUT2D eigenvalue weighted by atomic mass is 10.0. The van der Waals surface area contributed by atoms with Crippen molar-refractivity contribution in [2.75, 3.05) is 11.9 Å². The number of likely N-dealkylation sites (tertiary alicyclic amines) is 1. The maximum atomic E-state index is 13.2. The molecule has 1 fully saturated rings. The predicted molar refractivity (Wildman–Crippen MR) is 115 cm³/mol. The van der Waals surface area contributed by atoms with E-state index in [1.165, 1.54) is 11.3 Å². The molecule has 1 aliphatic rings. The molecule has 0 aliphatic carbocycles. The molecular weight excluding hydrogens is 400 g/mol. The Labute approximate surface area is 179 Å². The van der Waals surface area contributed by atoms with Gasteiger partial charge in [0, 0.05) is 18.1 Å². The fourth-order valence-electron chi connectivity index (χ4n) is 3.76. The van der Waals surface area contributed by atoms with Crippen molar-refractivity contribution in [1.29, 1.82) is 0 Å². The lowest BCUT2D eigenvalue weighted by Crippen LogP contribution is -2.43. The second kappa shape index (κ2) is 8.35. The van der Waals surface area contributed by atoms with Crippen molar-refractivity contribution >= 4 is 28.3 Å². The van der Waals surface area contributed by atoms with Gasteiger partial charge in [0.25, 0.3) is 5.91 Å². The topological polar surface area (TPSA) is 93.0 Å². The summed E-state index contributed by atoms with van der Waals surface area (Å²) in [5.74, 6) is 0.503. The molecule has 156 valence electrons. The number of nitrogens with one attached hydrogen (secondary N) is 1. The number of carbonyl (C=O) groups excluding carboxylic acids is 2. The fraction of sp³-hybridized carbons (Fsp3) is 0.381. The van der Waals surface area contributed by atoms with Gasteiger partial charge in [0.2, 0.25) is 11.7 Å². The monoisotopic (exact) mass is 424 g/mol. The molecule has 2 aromatic heterocycles. The van der Waals surface area contributed by atoms with E-state index in [-0.39, 0.29) is 17.6 Å². The van der Waals surface area contributed by atoms with E-state index in [0.29, 0.717) is 29.8 Å². The van der Waals surface area contributed by atoms with Crippen LogP contribution in [0, 0.1) is 6.92 Å². The van der Waals surface area contributed by atoms with Gasteiger partial charge in [0.1, 0.15) is 11.9 Å². The van der Waals surface area contributed by atoms with Gasteiger partial charge >= 0.3 is 0 Å². The van der Waals surface area contributed by atoms with Crippen LogP contribution in [-0.4, -0.2) is 49.0 Å². The highest BCUT2D eigenvalue weighted by Gasteiger charge is 2.36. The average Bonchev–Trinajstić information content (AvgIpc) is 3.48. The van der Waals surface area contributed by atoms with Crippen LogP contribution in [0.2, 0.25) is 0 Å². The highest BCUT2D eigenvalue weighted by Crippen LogP contribution is 2.25. The molecular formula is C21H24N6O2S. The quantitative estimate of drug-likeness (QED) is 0.678. The molecule has 1 saturated heterocycles. The summed E-state index contributed by atoms with van der Waals surface area (Å²) in [6.07, 6.45) is 3.00. The van der Waals surface area contributed by atoms with Crippen molar-refractivity contribution in [3.8, 4) is 5.69 Å². The van der Waals surface area contributed by atoms with E-state index in [9.17, 15) is 9.59 Å². The van der Waals surface area contributed by atoms with Gasteiger partial charge in [-0.05, 0) is 37.3 Å². The van der Waals surface area contributed by atoms with Crippen LogP contribution in [0.4, 0.5) is 5.13 Å². The third kappa shape index (κ3) is 3.85. The largest absolute Gasteiger partial charge is 0.324 e. The number of benzene rings is 1. The van der Waals surface area contributed by atoms with Crippen LogP contribution in [0.15, 0.2) is 35.8 Å². The molecule has 0 spiro atoms. The first-order chi connectivity index (χ1) is 14.5. The Hall–Kier alpha value is -3.07. The van der Waals surface area contributed by atoms with Gasteiger partial charge in [-0.1, -0.05) is 32.0 Å². The van der Waals surface area contributed by atoms with Crippen LogP contribution in [0.25, 0.3) is 5.69 Å². The summed E-state index contributed by atoms with van der Waals surface area (Å²) in [6, 6.07) is 7.43. The fourth-order valence-corrected chi connectivity index (χ4v) is 4.29. The van der Waals surface area contributed by atoms with Crippen molar-refractivity contribution < 1.29 is 9.59 Å². The summed E-state index contributed by atoms with van der Waals surface area (Å²) in [5, 5.41) is 9.62. The molecule has 3 heterocycles. The van der Waals surface area contributed by atoms with Gasteiger partial charge in [0.15, 0.2) is 5.13 Å². The normalized spacial score (nSPS) is 16.3. The molecule has 1 aliphatic heterocycles. The zero-order valence-corrected chi connectivity index (χ0v) is 18.0. The zero-order valence-electron chi connectivity index (χ0n) is 17.2. The summed E-state index contributed by atoms with van der Waals surface area (Å²) in [6.45, 7) is 6.57. The lowest BCUT2D eigenvalue weighted by Gasteiger charge is -2.22. The zero-order chi connectivity index (χ0) is 21.3. The average molecular weight is 425 g/mol. The first-order valence-corrected chi connectivity index (χ1v) is 10.9. The van der Waals surface area contributed by atoms with E-state index in [0.717, 1.165) is 17.7 Å². The van der Waals surface area contributed by atoms with Gasteiger partial charge < -0.3 is 10.2 Å². The molecule has 0 radical (unpaired) electrons. The standard InChI is InChI=1S/C21H24N6O2S/c1-13(2)15-7-4-5-8-16(15)27-14(3)23-18(25-27)20(29)26-11-6-9-17(26)19(28)24-21-22-10-12-30-21/h4-5,7-8,10,12-13,17H,6,9,11H2,1-3H3,(H,22,24,28)/t17-/m0/s1. The van der Waals surface area contributed by atoms with Crippen LogP contribution >= 0.6 is 11.3 Å². The molecule has 0 bridgehead atoms. The molecule has 0 saturated carbocycles. The molecule has 8 nitrogen and oxygen atoms in total. The second-order valence-electron chi connectivity index (χ2n) is 7.59. The third-order valence-electron chi connectivity index (χ3n) is 5.23. The summed E-state index contributed by atoms with van der Waals surface area (Å²) >= 11 is 1.35. The summed E-state index contributed by atoms with van der Waals surface area (Å²) in [4.78, 5) is 35.9. The number of thiazole rings is 1.